The van der Waals surface area contributed by atoms with E-state index in [-0.39, 0.29) is 16.4 Å². The maximum Gasteiger partial charge on any atom is 0.207 e. The van der Waals surface area contributed by atoms with Crippen molar-refractivity contribution in [1.82, 2.24) is 15.0 Å². The van der Waals surface area contributed by atoms with Crippen molar-refractivity contribution in [2.45, 2.75) is 0 Å². The number of nitrogens with zero attached hydrogens (tertiary/aromatic N) is 1. The van der Waals surface area contributed by atoms with E-state index >= 15 is 0 Å². The molecular weight excluding hydrogens is 162 g/mol. The van der Waals surface area contributed by atoms with Crippen molar-refractivity contribution in [1.29, 1.82) is 0 Å². The minimum absolute atomic E-state index is 0. The van der Waals surface area contributed by atoms with Crippen molar-refractivity contribution in [2.75, 3.05) is 0 Å². The molecule has 66 valence electrons. The summed E-state index contributed by atoms with van der Waals surface area (Å²) in [4.78, 5) is 20.4. The van der Waals surface area contributed by atoms with Crippen molar-refractivity contribution in [3.05, 3.63) is 28.8 Å². The van der Waals surface area contributed by atoms with Crippen LogP contribution in [0.15, 0.2) is 23.4 Å². The van der Waals surface area contributed by atoms with Gasteiger partial charge in [0, 0.05) is 12.3 Å². The summed E-state index contributed by atoms with van der Waals surface area (Å²) < 4.78 is 0. The Labute approximate surface area is 66.9 Å². The lowest BCUT2D eigenvalue weighted by molar-refractivity contribution is 0.823. The molecule has 2 heterocycles. The number of H-pyrrole nitrogens is 2. The number of hydrogen-bond acceptors (Lipinski definition) is 2. The first-order valence-electron chi connectivity index (χ1n) is 2.89. The molecule has 0 fully saturated rings. The van der Waals surface area contributed by atoms with Crippen LogP contribution in [-0.2, 0) is 0 Å². The van der Waals surface area contributed by atoms with Gasteiger partial charge in [0.2, 0.25) is 5.43 Å². The standard InChI is InChI=1S/C6H5N3O.2H2O/c10-4-1-2-7-6-5(4)8-3-9-6;;/h1-3H,(H2,7,8,9,10);2*1H2. The molecule has 0 aliphatic heterocycles. The average Bonchev–Trinajstić information content (AvgIpc) is 2.36. The van der Waals surface area contributed by atoms with Crippen LogP contribution in [0, 0.1) is 0 Å². The molecule has 0 saturated carbocycles. The fourth-order valence-corrected chi connectivity index (χ4v) is 0.871. The first kappa shape index (κ1) is 10.3. The van der Waals surface area contributed by atoms with Crippen molar-refractivity contribution in [3.63, 3.8) is 0 Å². The van der Waals surface area contributed by atoms with Crippen molar-refractivity contribution < 1.29 is 11.0 Å². The summed E-state index contributed by atoms with van der Waals surface area (Å²) in [7, 11) is 0. The lowest BCUT2D eigenvalue weighted by Crippen LogP contribution is -1.98. The molecule has 0 spiro atoms. The molecule has 6 nitrogen and oxygen atoms in total. The van der Waals surface area contributed by atoms with Gasteiger partial charge in [0.25, 0.3) is 0 Å². The Bertz CT molecular complexity index is 405. The Balaban J connectivity index is 0.000000605. The van der Waals surface area contributed by atoms with Gasteiger partial charge in [0.15, 0.2) is 5.65 Å². The number of hydrogen-bond donors (Lipinski definition) is 2. The summed E-state index contributed by atoms with van der Waals surface area (Å²) >= 11 is 0. The molecule has 6 N–H and O–H groups in total. The van der Waals surface area contributed by atoms with Crippen LogP contribution in [0.25, 0.3) is 11.2 Å². The first-order chi connectivity index (χ1) is 4.88. The third kappa shape index (κ3) is 1.34. The molecule has 0 saturated heterocycles. The third-order valence-corrected chi connectivity index (χ3v) is 1.34. The minimum Gasteiger partial charge on any atom is -0.412 e. The number of aromatic amines is 2. The van der Waals surface area contributed by atoms with Crippen LogP contribution < -0.4 is 5.43 Å². The van der Waals surface area contributed by atoms with Crippen LogP contribution in [0.1, 0.15) is 0 Å². The van der Waals surface area contributed by atoms with E-state index in [9.17, 15) is 4.79 Å². The van der Waals surface area contributed by atoms with Gasteiger partial charge in [-0.05, 0) is 0 Å². The van der Waals surface area contributed by atoms with E-state index < -0.39 is 0 Å². The van der Waals surface area contributed by atoms with Gasteiger partial charge in [-0.25, -0.2) is 4.98 Å². The van der Waals surface area contributed by atoms with Gasteiger partial charge in [-0.1, -0.05) is 0 Å². The van der Waals surface area contributed by atoms with Gasteiger partial charge in [0.05, 0.1) is 6.33 Å². The van der Waals surface area contributed by atoms with E-state index in [0.717, 1.165) is 0 Å². The highest BCUT2D eigenvalue weighted by Crippen LogP contribution is 1.95. The van der Waals surface area contributed by atoms with E-state index in [0.29, 0.717) is 11.2 Å². The molecule has 0 amide bonds. The fraction of sp³-hybridized carbons (Fsp3) is 0. The summed E-state index contributed by atoms with van der Waals surface area (Å²) in [6.07, 6.45) is 3.06. The van der Waals surface area contributed by atoms with Crippen molar-refractivity contribution >= 4 is 11.2 Å². The van der Waals surface area contributed by atoms with Gasteiger partial charge >= 0.3 is 0 Å². The predicted molar refractivity (Wildman–Crippen MR) is 43.9 cm³/mol. The maximum atomic E-state index is 10.9. The van der Waals surface area contributed by atoms with Gasteiger partial charge in [0.1, 0.15) is 5.52 Å². The molecular formula is C6H9N3O3. The molecule has 0 bridgehead atoms. The Morgan fingerprint density at radius 2 is 2.00 bits per heavy atom. The fourth-order valence-electron chi connectivity index (χ4n) is 0.871. The number of pyridine rings is 1. The van der Waals surface area contributed by atoms with Crippen LogP contribution in [0.2, 0.25) is 0 Å². The van der Waals surface area contributed by atoms with Gasteiger partial charge < -0.3 is 20.9 Å². The lowest BCUT2D eigenvalue weighted by atomic mass is 10.4. The second-order valence-electron chi connectivity index (χ2n) is 1.97. The summed E-state index contributed by atoms with van der Waals surface area (Å²) in [5, 5.41) is 0. The largest absolute Gasteiger partial charge is 0.412 e. The molecule has 0 aromatic carbocycles. The number of aromatic nitrogens is 3. The quantitative estimate of drug-likeness (QED) is 0.506. The van der Waals surface area contributed by atoms with Crippen LogP contribution in [0.3, 0.4) is 0 Å². The Kier molecular flexibility index (Phi) is 3.15. The Morgan fingerprint density at radius 3 is 2.67 bits per heavy atom. The molecule has 6 heteroatoms. The van der Waals surface area contributed by atoms with E-state index in [4.69, 9.17) is 0 Å². The van der Waals surface area contributed by atoms with E-state index in [2.05, 4.69) is 15.0 Å². The molecule has 0 radical (unpaired) electrons. The van der Waals surface area contributed by atoms with Crippen LogP contribution in [0.4, 0.5) is 0 Å². The highest BCUT2D eigenvalue weighted by Gasteiger charge is 1.96. The van der Waals surface area contributed by atoms with E-state index in [1.54, 1.807) is 6.20 Å². The van der Waals surface area contributed by atoms with Gasteiger partial charge in [-0.2, -0.15) is 0 Å². The zero-order valence-corrected chi connectivity index (χ0v) is 6.09. The molecule has 0 aliphatic rings. The van der Waals surface area contributed by atoms with Gasteiger partial charge in [-0.15, -0.1) is 0 Å². The monoisotopic (exact) mass is 171 g/mol. The Hall–Kier alpha value is -1.66. The molecule has 0 atom stereocenters. The molecule has 2 aromatic heterocycles. The average molecular weight is 171 g/mol. The number of imidazole rings is 1. The molecule has 2 aromatic rings. The number of fused-ring (bicyclic) bond motifs is 1. The summed E-state index contributed by atoms with van der Waals surface area (Å²) in [6, 6.07) is 1.46. The normalized spacial score (nSPS) is 8.67. The molecule has 0 aliphatic carbocycles. The molecule has 12 heavy (non-hydrogen) atoms. The summed E-state index contributed by atoms with van der Waals surface area (Å²) in [6.45, 7) is 0. The highest BCUT2D eigenvalue weighted by molar-refractivity contribution is 5.68. The predicted octanol–water partition coefficient (Wildman–Crippen LogP) is -1.40. The Morgan fingerprint density at radius 1 is 1.25 bits per heavy atom. The first-order valence-corrected chi connectivity index (χ1v) is 2.89. The lowest BCUT2D eigenvalue weighted by Gasteiger charge is -1.82. The highest BCUT2D eigenvalue weighted by atomic mass is 16.1. The van der Waals surface area contributed by atoms with E-state index in [1.807, 2.05) is 0 Å². The summed E-state index contributed by atoms with van der Waals surface area (Å²) in [5.41, 5.74) is 1.10. The molecule has 2 rings (SSSR count). The van der Waals surface area contributed by atoms with Crippen LogP contribution in [0.5, 0.6) is 0 Å². The van der Waals surface area contributed by atoms with Crippen molar-refractivity contribution in [3.8, 4) is 0 Å². The minimum atomic E-state index is -0.0359. The van der Waals surface area contributed by atoms with Crippen LogP contribution >= 0.6 is 0 Å². The topological polar surface area (TPSA) is 125 Å². The SMILES string of the molecule is O.O.O=c1cc[nH]c2nc[nH]c12. The third-order valence-electron chi connectivity index (χ3n) is 1.34. The van der Waals surface area contributed by atoms with Crippen LogP contribution in [-0.4, -0.2) is 25.9 Å². The van der Waals surface area contributed by atoms with E-state index in [1.165, 1.54) is 12.4 Å². The zero-order valence-electron chi connectivity index (χ0n) is 6.09. The number of rotatable bonds is 0. The zero-order chi connectivity index (χ0) is 6.97. The van der Waals surface area contributed by atoms with Crippen molar-refractivity contribution in [2.24, 2.45) is 0 Å². The maximum absolute atomic E-state index is 10.9. The smallest absolute Gasteiger partial charge is 0.207 e. The summed E-state index contributed by atoms with van der Waals surface area (Å²) in [5.74, 6) is 0. The second-order valence-corrected chi connectivity index (χ2v) is 1.97. The van der Waals surface area contributed by atoms with Gasteiger partial charge in [-0.3, -0.25) is 4.79 Å². The number of nitrogens with one attached hydrogen (secondary N) is 2. The second kappa shape index (κ2) is 3.65. The molecule has 0 unspecified atom stereocenters.